The van der Waals surface area contributed by atoms with Crippen LogP contribution in [0.5, 0.6) is 0 Å². The fourth-order valence-corrected chi connectivity index (χ4v) is 2.02. The fraction of sp³-hybridized carbons (Fsp3) is 0.286. The highest BCUT2D eigenvalue weighted by Crippen LogP contribution is 2.16. The highest BCUT2D eigenvalue weighted by Gasteiger charge is 2.20. The van der Waals surface area contributed by atoms with E-state index in [0.717, 1.165) is 4.47 Å². The molecule has 14 heavy (non-hydrogen) atoms. The first-order chi connectivity index (χ1) is 6.48. The lowest BCUT2D eigenvalue weighted by Crippen LogP contribution is -2.25. The molecule has 1 rings (SSSR count). The molecule has 0 fully saturated rings. The van der Waals surface area contributed by atoms with Crippen LogP contribution < -0.4 is 0 Å². The fourth-order valence-electron chi connectivity index (χ4n) is 0.792. The molecule has 0 atom stereocenters. The largest absolute Gasteiger partial charge is 0.288 e. The SMILES string of the molecule is CON(C)S(=O)(=O)c1ccnc(Cl)c1. The van der Waals surface area contributed by atoms with E-state index in [9.17, 15) is 8.42 Å². The molecular formula is C7H9ClN2O3S. The summed E-state index contributed by atoms with van der Waals surface area (Å²) in [5, 5.41) is 0.121. The van der Waals surface area contributed by atoms with Gasteiger partial charge in [0.1, 0.15) is 5.15 Å². The highest BCUT2D eigenvalue weighted by atomic mass is 35.5. The van der Waals surface area contributed by atoms with Crippen LogP contribution in [-0.4, -0.2) is 32.0 Å². The van der Waals surface area contributed by atoms with E-state index >= 15 is 0 Å². The summed E-state index contributed by atoms with van der Waals surface area (Å²) in [4.78, 5) is 8.31. The second kappa shape index (κ2) is 4.22. The minimum atomic E-state index is -3.62. The predicted molar refractivity (Wildman–Crippen MR) is 51.2 cm³/mol. The molecule has 0 spiro atoms. The molecule has 0 radical (unpaired) electrons. The molecule has 0 N–H and O–H groups in total. The normalized spacial score (nSPS) is 12.0. The minimum Gasteiger partial charge on any atom is -0.288 e. The van der Waals surface area contributed by atoms with Crippen molar-refractivity contribution in [2.45, 2.75) is 4.90 Å². The number of aromatic nitrogens is 1. The molecular weight excluding hydrogens is 228 g/mol. The molecule has 1 aromatic heterocycles. The molecule has 78 valence electrons. The topological polar surface area (TPSA) is 59.5 Å². The minimum absolute atomic E-state index is 0.0434. The zero-order valence-corrected chi connectivity index (χ0v) is 9.21. The Morgan fingerprint density at radius 1 is 1.57 bits per heavy atom. The Morgan fingerprint density at radius 3 is 2.71 bits per heavy atom. The molecule has 0 aliphatic rings. The lowest BCUT2D eigenvalue weighted by atomic mass is 10.5. The second-order valence-electron chi connectivity index (χ2n) is 2.41. The van der Waals surface area contributed by atoms with Gasteiger partial charge in [0.25, 0.3) is 10.0 Å². The third-order valence-electron chi connectivity index (χ3n) is 1.59. The first-order valence-electron chi connectivity index (χ1n) is 3.63. The quantitative estimate of drug-likeness (QED) is 0.578. The van der Waals surface area contributed by atoms with Crippen molar-refractivity contribution in [2.75, 3.05) is 14.2 Å². The van der Waals surface area contributed by atoms with Gasteiger partial charge in [-0.15, -0.1) is 0 Å². The summed E-state index contributed by atoms with van der Waals surface area (Å²) in [5.74, 6) is 0. The summed E-state index contributed by atoms with van der Waals surface area (Å²) >= 11 is 5.56. The van der Waals surface area contributed by atoms with Crippen molar-refractivity contribution in [3.63, 3.8) is 0 Å². The molecule has 0 aliphatic heterocycles. The summed E-state index contributed by atoms with van der Waals surface area (Å²) < 4.78 is 24.0. The molecule has 1 aromatic rings. The van der Waals surface area contributed by atoms with Gasteiger partial charge < -0.3 is 0 Å². The van der Waals surface area contributed by atoms with Crippen LogP contribution in [-0.2, 0) is 14.9 Å². The first kappa shape index (κ1) is 11.4. The van der Waals surface area contributed by atoms with Crippen molar-refractivity contribution < 1.29 is 13.3 Å². The van der Waals surface area contributed by atoms with Gasteiger partial charge in [0, 0.05) is 13.2 Å². The van der Waals surface area contributed by atoms with Crippen molar-refractivity contribution in [2.24, 2.45) is 0 Å². The maximum Gasteiger partial charge on any atom is 0.264 e. The van der Waals surface area contributed by atoms with Crippen molar-refractivity contribution in [3.8, 4) is 0 Å². The highest BCUT2D eigenvalue weighted by molar-refractivity contribution is 7.89. The van der Waals surface area contributed by atoms with E-state index in [1.165, 1.54) is 32.5 Å². The summed E-state index contributed by atoms with van der Waals surface area (Å²) in [6.45, 7) is 0. The number of hydroxylamine groups is 1. The number of pyridine rings is 1. The number of hydrogen-bond donors (Lipinski definition) is 0. The van der Waals surface area contributed by atoms with E-state index in [1.54, 1.807) is 0 Å². The van der Waals surface area contributed by atoms with Gasteiger partial charge in [-0.25, -0.2) is 13.4 Å². The molecule has 0 bridgehead atoms. The molecule has 7 heteroatoms. The summed E-state index contributed by atoms with van der Waals surface area (Å²) in [5.41, 5.74) is 0. The van der Waals surface area contributed by atoms with Gasteiger partial charge >= 0.3 is 0 Å². The van der Waals surface area contributed by atoms with E-state index in [-0.39, 0.29) is 10.0 Å². The maximum absolute atomic E-state index is 11.6. The summed E-state index contributed by atoms with van der Waals surface area (Å²) in [7, 11) is -1.07. The number of nitrogens with zero attached hydrogens (tertiary/aromatic N) is 2. The maximum atomic E-state index is 11.6. The molecule has 0 amide bonds. The first-order valence-corrected chi connectivity index (χ1v) is 5.45. The Hall–Kier alpha value is -0.690. The van der Waals surface area contributed by atoms with E-state index < -0.39 is 10.0 Å². The Morgan fingerprint density at radius 2 is 2.21 bits per heavy atom. The molecule has 0 aromatic carbocycles. The summed E-state index contributed by atoms with van der Waals surface area (Å²) in [6.07, 6.45) is 1.32. The van der Waals surface area contributed by atoms with Gasteiger partial charge in [-0.1, -0.05) is 16.1 Å². The lowest BCUT2D eigenvalue weighted by Gasteiger charge is -2.13. The van der Waals surface area contributed by atoms with Crippen molar-refractivity contribution in [1.82, 2.24) is 9.45 Å². The van der Waals surface area contributed by atoms with Crippen LogP contribution in [0.3, 0.4) is 0 Å². The van der Waals surface area contributed by atoms with Gasteiger partial charge in [-0.05, 0) is 12.1 Å². The van der Waals surface area contributed by atoms with Gasteiger partial charge in [0.2, 0.25) is 0 Å². The monoisotopic (exact) mass is 236 g/mol. The lowest BCUT2D eigenvalue weighted by molar-refractivity contribution is -0.0258. The van der Waals surface area contributed by atoms with E-state index in [0.29, 0.717) is 0 Å². The van der Waals surface area contributed by atoms with Crippen LogP contribution in [0.15, 0.2) is 23.2 Å². The van der Waals surface area contributed by atoms with Crippen LogP contribution in [0.4, 0.5) is 0 Å². The third kappa shape index (κ3) is 2.21. The average Bonchev–Trinajstić information content (AvgIpc) is 2.16. The van der Waals surface area contributed by atoms with Gasteiger partial charge in [0.05, 0.1) is 12.0 Å². The Bertz CT molecular complexity index is 421. The van der Waals surface area contributed by atoms with Crippen LogP contribution in [0.2, 0.25) is 5.15 Å². The van der Waals surface area contributed by atoms with Crippen molar-refractivity contribution >= 4 is 21.6 Å². The molecule has 0 aliphatic carbocycles. The van der Waals surface area contributed by atoms with E-state index in [1.807, 2.05) is 0 Å². The number of hydrogen-bond acceptors (Lipinski definition) is 4. The van der Waals surface area contributed by atoms with Crippen LogP contribution in [0.25, 0.3) is 0 Å². The van der Waals surface area contributed by atoms with Crippen LogP contribution >= 0.6 is 11.6 Å². The van der Waals surface area contributed by atoms with Gasteiger partial charge in [0.15, 0.2) is 0 Å². The molecule has 1 heterocycles. The van der Waals surface area contributed by atoms with Gasteiger partial charge in [-0.3, -0.25) is 4.84 Å². The number of rotatable bonds is 3. The Balaban J connectivity index is 3.17. The van der Waals surface area contributed by atoms with Gasteiger partial charge in [-0.2, -0.15) is 0 Å². The Labute approximate surface area is 87.3 Å². The van der Waals surface area contributed by atoms with E-state index in [2.05, 4.69) is 9.82 Å². The molecule has 0 saturated carbocycles. The standard InChI is InChI=1S/C7H9ClN2O3S/c1-10(13-2)14(11,12)6-3-4-9-7(8)5-6/h3-5H,1-2H3. The number of halogens is 1. The third-order valence-corrected chi connectivity index (χ3v) is 3.47. The van der Waals surface area contributed by atoms with Crippen molar-refractivity contribution in [3.05, 3.63) is 23.5 Å². The Kier molecular flexibility index (Phi) is 3.43. The zero-order chi connectivity index (χ0) is 10.8. The summed E-state index contributed by atoms with van der Waals surface area (Å²) in [6, 6.07) is 2.60. The van der Waals surface area contributed by atoms with Crippen LogP contribution in [0, 0.1) is 0 Å². The smallest absolute Gasteiger partial charge is 0.264 e. The average molecular weight is 237 g/mol. The molecule has 0 unspecified atom stereocenters. The second-order valence-corrected chi connectivity index (χ2v) is 4.73. The molecule has 5 nitrogen and oxygen atoms in total. The molecule has 0 saturated heterocycles. The zero-order valence-electron chi connectivity index (χ0n) is 7.64. The number of sulfonamides is 1. The van der Waals surface area contributed by atoms with E-state index in [4.69, 9.17) is 11.6 Å². The predicted octanol–water partition coefficient (Wildman–Crippen LogP) is 0.917. The van der Waals surface area contributed by atoms with Crippen molar-refractivity contribution in [1.29, 1.82) is 0 Å². The van der Waals surface area contributed by atoms with Crippen LogP contribution in [0.1, 0.15) is 0 Å².